The van der Waals surface area contributed by atoms with Crippen LogP contribution in [0.4, 0.5) is 11.5 Å². The summed E-state index contributed by atoms with van der Waals surface area (Å²) >= 11 is 5.75. The molecule has 0 aliphatic carbocycles. The molecular formula is C13H9ClN4O2. The van der Waals surface area contributed by atoms with E-state index in [1.165, 1.54) is 0 Å². The van der Waals surface area contributed by atoms with E-state index in [0.717, 1.165) is 5.56 Å². The molecule has 1 aromatic heterocycles. The van der Waals surface area contributed by atoms with Gasteiger partial charge in [0.25, 0.3) is 11.8 Å². The Bertz CT molecular complexity index is 745. The van der Waals surface area contributed by atoms with Crippen LogP contribution in [0.25, 0.3) is 0 Å². The highest BCUT2D eigenvalue weighted by molar-refractivity contribution is 6.28. The van der Waals surface area contributed by atoms with Crippen molar-refractivity contribution in [3.8, 4) is 0 Å². The van der Waals surface area contributed by atoms with E-state index in [-0.39, 0.29) is 11.2 Å². The molecule has 3 rings (SSSR count). The molecule has 2 heterocycles. The molecule has 0 bridgehead atoms. The zero-order chi connectivity index (χ0) is 14.3. The first-order valence-electron chi connectivity index (χ1n) is 5.80. The van der Waals surface area contributed by atoms with Crippen molar-refractivity contribution >= 4 is 34.9 Å². The molecule has 0 saturated heterocycles. The van der Waals surface area contributed by atoms with Gasteiger partial charge in [0.05, 0.1) is 11.1 Å². The SMILES string of the molecule is Cc1cnc(Cl)nc1Nc1ccc2c(c1)C(=O)NC2=O. The van der Waals surface area contributed by atoms with Crippen molar-refractivity contribution < 1.29 is 9.59 Å². The zero-order valence-electron chi connectivity index (χ0n) is 10.4. The Labute approximate surface area is 119 Å². The Morgan fingerprint density at radius 2 is 1.95 bits per heavy atom. The van der Waals surface area contributed by atoms with Gasteiger partial charge in [-0.2, -0.15) is 0 Å². The highest BCUT2D eigenvalue weighted by Gasteiger charge is 2.26. The van der Waals surface area contributed by atoms with Gasteiger partial charge in [0, 0.05) is 17.4 Å². The minimum atomic E-state index is -0.397. The first-order valence-corrected chi connectivity index (χ1v) is 6.18. The highest BCUT2D eigenvalue weighted by Crippen LogP contribution is 2.24. The fourth-order valence-corrected chi connectivity index (χ4v) is 2.06. The lowest BCUT2D eigenvalue weighted by Crippen LogP contribution is -2.19. The maximum Gasteiger partial charge on any atom is 0.259 e. The molecule has 20 heavy (non-hydrogen) atoms. The van der Waals surface area contributed by atoms with Crippen molar-refractivity contribution in [2.75, 3.05) is 5.32 Å². The Hall–Kier alpha value is -2.47. The number of nitrogens with one attached hydrogen (secondary N) is 2. The van der Waals surface area contributed by atoms with Crippen LogP contribution < -0.4 is 10.6 Å². The molecule has 0 spiro atoms. The molecule has 2 amide bonds. The van der Waals surface area contributed by atoms with Crippen molar-refractivity contribution in [3.63, 3.8) is 0 Å². The summed E-state index contributed by atoms with van der Waals surface area (Å²) in [6.07, 6.45) is 1.60. The summed E-state index contributed by atoms with van der Waals surface area (Å²) in [5.74, 6) is -0.224. The normalized spacial score (nSPS) is 13.1. The van der Waals surface area contributed by atoms with E-state index in [0.29, 0.717) is 22.6 Å². The zero-order valence-corrected chi connectivity index (χ0v) is 11.2. The minimum absolute atomic E-state index is 0.132. The van der Waals surface area contributed by atoms with Gasteiger partial charge in [-0.05, 0) is 36.7 Å². The molecule has 6 nitrogen and oxygen atoms in total. The average molecular weight is 289 g/mol. The average Bonchev–Trinajstić information content (AvgIpc) is 2.69. The topological polar surface area (TPSA) is 84.0 Å². The number of anilines is 2. The van der Waals surface area contributed by atoms with Crippen molar-refractivity contribution in [2.24, 2.45) is 0 Å². The molecule has 0 radical (unpaired) electrons. The second-order valence-corrected chi connectivity index (χ2v) is 4.68. The number of imide groups is 1. The Morgan fingerprint density at radius 1 is 1.20 bits per heavy atom. The molecule has 0 saturated carbocycles. The van der Waals surface area contributed by atoms with E-state index < -0.39 is 5.91 Å². The van der Waals surface area contributed by atoms with Crippen molar-refractivity contribution in [1.82, 2.24) is 15.3 Å². The van der Waals surface area contributed by atoms with E-state index in [1.807, 2.05) is 6.92 Å². The van der Waals surface area contributed by atoms with Crippen LogP contribution in [-0.2, 0) is 0 Å². The molecule has 7 heteroatoms. The summed E-state index contributed by atoms with van der Waals surface area (Å²) in [5, 5.41) is 5.42. The van der Waals surface area contributed by atoms with Gasteiger partial charge >= 0.3 is 0 Å². The largest absolute Gasteiger partial charge is 0.340 e. The van der Waals surface area contributed by atoms with Gasteiger partial charge in [0.1, 0.15) is 5.82 Å². The van der Waals surface area contributed by atoms with Gasteiger partial charge in [-0.3, -0.25) is 14.9 Å². The number of hydrogen-bond donors (Lipinski definition) is 2. The first-order chi connectivity index (χ1) is 9.54. The van der Waals surface area contributed by atoms with Gasteiger partial charge in [-0.25, -0.2) is 9.97 Å². The van der Waals surface area contributed by atoms with Crippen molar-refractivity contribution in [3.05, 3.63) is 46.4 Å². The predicted molar refractivity (Wildman–Crippen MR) is 73.3 cm³/mol. The molecule has 0 unspecified atom stereocenters. The van der Waals surface area contributed by atoms with Gasteiger partial charge < -0.3 is 5.32 Å². The fourth-order valence-electron chi connectivity index (χ4n) is 1.93. The molecule has 1 aliphatic rings. The molecule has 100 valence electrons. The first kappa shape index (κ1) is 12.6. The summed E-state index contributed by atoms with van der Waals surface area (Å²) < 4.78 is 0. The third kappa shape index (κ3) is 2.10. The van der Waals surface area contributed by atoms with Crippen LogP contribution in [0.15, 0.2) is 24.4 Å². The van der Waals surface area contributed by atoms with Crippen LogP contribution in [0.3, 0.4) is 0 Å². The smallest absolute Gasteiger partial charge is 0.259 e. The lowest BCUT2D eigenvalue weighted by molar-refractivity contribution is 0.0879. The van der Waals surface area contributed by atoms with E-state index in [9.17, 15) is 9.59 Å². The molecular weight excluding hydrogens is 280 g/mol. The fraction of sp³-hybridized carbons (Fsp3) is 0.0769. The third-order valence-electron chi connectivity index (χ3n) is 2.94. The number of nitrogens with zero attached hydrogens (tertiary/aromatic N) is 2. The Balaban J connectivity index is 1.97. The monoisotopic (exact) mass is 288 g/mol. The van der Waals surface area contributed by atoms with Crippen LogP contribution in [0.2, 0.25) is 5.28 Å². The highest BCUT2D eigenvalue weighted by atomic mass is 35.5. The van der Waals surface area contributed by atoms with Crippen LogP contribution in [0, 0.1) is 6.92 Å². The molecule has 0 atom stereocenters. The standard InChI is InChI=1S/C13H9ClN4O2/c1-6-5-15-13(14)17-10(6)16-7-2-3-8-9(4-7)12(20)18-11(8)19/h2-5H,1H3,(H,15,16,17)(H,18,19,20). The summed E-state index contributed by atoms with van der Waals surface area (Å²) in [5.41, 5.74) is 2.18. The van der Waals surface area contributed by atoms with Crippen molar-refractivity contribution in [2.45, 2.75) is 6.92 Å². The Morgan fingerprint density at radius 3 is 2.75 bits per heavy atom. The van der Waals surface area contributed by atoms with Gasteiger partial charge in [-0.15, -0.1) is 0 Å². The molecule has 1 aromatic carbocycles. The molecule has 0 fully saturated rings. The van der Waals surface area contributed by atoms with Gasteiger partial charge in [-0.1, -0.05) is 0 Å². The third-order valence-corrected chi connectivity index (χ3v) is 3.12. The number of hydrogen-bond acceptors (Lipinski definition) is 5. The van der Waals surface area contributed by atoms with Crippen LogP contribution in [-0.4, -0.2) is 21.8 Å². The van der Waals surface area contributed by atoms with E-state index in [4.69, 9.17) is 11.6 Å². The number of rotatable bonds is 2. The molecule has 2 N–H and O–H groups in total. The minimum Gasteiger partial charge on any atom is -0.340 e. The number of aryl methyl sites for hydroxylation is 1. The lowest BCUT2D eigenvalue weighted by Gasteiger charge is -2.09. The summed E-state index contributed by atoms with van der Waals surface area (Å²) in [6.45, 7) is 1.84. The van der Waals surface area contributed by atoms with E-state index >= 15 is 0 Å². The number of amides is 2. The van der Waals surface area contributed by atoms with Crippen LogP contribution >= 0.6 is 11.6 Å². The number of benzene rings is 1. The number of fused-ring (bicyclic) bond motifs is 1. The number of carbonyl (C=O) groups excluding carboxylic acids is 2. The number of aromatic nitrogens is 2. The molecule has 1 aliphatic heterocycles. The predicted octanol–water partition coefficient (Wildman–Crippen LogP) is 2.07. The summed E-state index contributed by atoms with van der Waals surface area (Å²) in [7, 11) is 0. The summed E-state index contributed by atoms with van der Waals surface area (Å²) in [4.78, 5) is 31.0. The van der Waals surface area contributed by atoms with Crippen LogP contribution in [0.1, 0.15) is 26.3 Å². The Kier molecular flexibility index (Phi) is 2.87. The van der Waals surface area contributed by atoms with Gasteiger partial charge in [0.15, 0.2) is 0 Å². The number of carbonyl (C=O) groups is 2. The summed E-state index contributed by atoms with van der Waals surface area (Å²) in [6, 6.07) is 4.90. The van der Waals surface area contributed by atoms with E-state index in [2.05, 4.69) is 20.6 Å². The molecule has 2 aromatic rings. The quantitative estimate of drug-likeness (QED) is 0.653. The van der Waals surface area contributed by atoms with Crippen molar-refractivity contribution in [1.29, 1.82) is 0 Å². The van der Waals surface area contributed by atoms with Crippen LogP contribution in [0.5, 0.6) is 0 Å². The maximum atomic E-state index is 11.6. The van der Waals surface area contributed by atoms with E-state index in [1.54, 1.807) is 24.4 Å². The number of halogens is 1. The van der Waals surface area contributed by atoms with Gasteiger partial charge in [0.2, 0.25) is 5.28 Å². The second-order valence-electron chi connectivity index (χ2n) is 4.34. The second kappa shape index (κ2) is 4.57. The lowest BCUT2D eigenvalue weighted by atomic mass is 10.1. The maximum absolute atomic E-state index is 11.6.